The lowest BCUT2D eigenvalue weighted by Gasteiger charge is -2.49. The smallest absolute Gasteiger partial charge is 0.274 e. The number of nitrogens with one attached hydrogen (secondary N) is 1. The highest BCUT2D eigenvalue weighted by Gasteiger charge is 2.72. The highest BCUT2D eigenvalue weighted by Crippen LogP contribution is 2.79. The summed E-state index contributed by atoms with van der Waals surface area (Å²) in [4.78, 5) is 28.0. The lowest BCUT2D eigenvalue weighted by atomic mass is 9.55. The number of carbonyl (C=O) groups is 2. The number of nitrogens with zero attached hydrogens (tertiary/aromatic N) is 5. The van der Waals surface area contributed by atoms with E-state index in [0.717, 1.165) is 47.7 Å². The first-order valence-electron chi connectivity index (χ1n) is 14.4. The van der Waals surface area contributed by atoms with E-state index in [9.17, 15) is 9.59 Å². The van der Waals surface area contributed by atoms with Crippen molar-refractivity contribution < 1.29 is 9.59 Å². The molecule has 3 aromatic rings. The minimum Gasteiger partial charge on any atom is -0.346 e. The highest BCUT2D eigenvalue weighted by molar-refractivity contribution is 6.00. The number of carbonyl (C=O) groups excluding carboxylic acids is 2. The number of hydrogen-bond acceptors (Lipinski definition) is 5. The second-order valence-corrected chi connectivity index (χ2v) is 13.8. The molecule has 1 amide bonds. The summed E-state index contributed by atoms with van der Waals surface area (Å²) in [5.41, 5.74) is 4.25. The Hall–Kier alpha value is -3.29. The van der Waals surface area contributed by atoms with Gasteiger partial charge in [-0.05, 0) is 96.3 Å². The van der Waals surface area contributed by atoms with Crippen LogP contribution in [-0.2, 0) is 12.1 Å². The standard InChI is InChI=1S/C31H38N6O2/c1-18-24(19(2)37(34-18)29(3,4)5)16-32-27(38)25-26(21-9-7-6-8-10-21)36(35-33-25)28(39)30-13-20-11-22-12-23(15-30)31(22,14-20)17-30/h6-10,20,22-23H,11-17H2,1-5H3,(H,32,38)/t20-,22?,23?,30-,31+/m1/s1. The summed E-state index contributed by atoms with van der Waals surface area (Å²) in [5, 5.41) is 16.5. The first-order chi connectivity index (χ1) is 18.5. The Morgan fingerprint density at radius 2 is 1.82 bits per heavy atom. The number of rotatable bonds is 5. The fraction of sp³-hybridized carbons (Fsp3) is 0.581. The number of amides is 1. The van der Waals surface area contributed by atoms with Gasteiger partial charge in [-0.2, -0.15) is 9.78 Å². The van der Waals surface area contributed by atoms with Crippen LogP contribution in [0.2, 0.25) is 0 Å². The fourth-order valence-corrected chi connectivity index (χ4v) is 9.10. The third kappa shape index (κ3) is 3.45. The van der Waals surface area contributed by atoms with E-state index in [1.807, 2.05) is 48.9 Å². The Balaban J connectivity index is 1.21. The second-order valence-electron chi connectivity index (χ2n) is 13.8. The van der Waals surface area contributed by atoms with Crippen molar-refractivity contribution in [3.8, 4) is 11.3 Å². The van der Waals surface area contributed by atoms with Crippen LogP contribution in [0.5, 0.6) is 0 Å². The summed E-state index contributed by atoms with van der Waals surface area (Å²) in [6, 6.07) is 9.63. The van der Waals surface area contributed by atoms with E-state index in [2.05, 4.69) is 36.4 Å². The number of aryl methyl sites for hydroxylation is 1. The zero-order valence-electron chi connectivity index (χ0n) is 23.6. The Morgan fingerprint density at radius 3 is 2.54 bits per heavy atom. The van der Waals surface area contributed by atoms with Crippen molar-refractivity contribution in [2.75, 3.05) is 0 Å². The molecule has 0 radical (unpaired) electrons. The van der Waals surface area contributed by atoms with Gasteiger partial charge in [-0.3, -0.25) is 14.3 Å². The Bertz CT molecular complexity index is 1490. The minimum absolute atomic E-state index is 0.0326. The second kappa shape index (κ2) is 8.12. The minimum atomic E-state index is -0.375. The molecule has 1 spiro atoms. The summed E-state index contributed by atoms with van der Waals surface area (Å²) in [6.45, 7) is 10.7. The highest BCUT2D eigenvalue weighted by atomic mass is 16.2. The van der Waals surface area contributed by atoms with Crippen LogP contribution in [0, 0.1) is 42.4 Å². The lowest BCUT2D eigenvalue weighted by molar-refractivity contribution is -0.00258. The van der Waals surface area contributed by atoms with Crippen LogP contribution in [0.3, 0.4) is 0 Å². The van der Waals surface area contributed by atoms with Crippen molar-refractivity contribution in [1.82, 2.24) is 30.1 Å². The topological polar surface area (TPSA) is 94.7 Å². The van der Waals surface area contributed by atoms with Crippen LogP contribution in [0.15, 0.2) is 30.3 Å². The first kappa shape index (κ1) is 24.7. The van der Waals surface area contributed by atoms with Crippen molar-refractivity contribution in [2.45, 2.75) is 85.2 Å². The van der Waals surface area contributed by atoms with E-state index in [4.69, 9.17) is 5.10 Å². The molecule has 8 nitrogen and oxygen atoms in total. The SMILES string of the molecule is Cc1nn(C(C)(C)C)c(C)c1CNC(=O)c1nnn(C(=O)[C@@]23CC4CC5C[C@H](C2)C[C@]54C3)c1-c1ccccc1. The number of aromatic nitrogens is 5. The molecule has 2 unspecified atom stereocenters. The van der Waals surface area contributed by atoms with E-state index < -0.39 is 0 Å². The molecular weight excluding hydrogens is 488 g/mol. The zero-order valence-corrected chi connectivity index (χ0v) is 23.6. The molecule has 1 N–H and O–H groups in total. The van der Waals surface area contributed by atoms with Crippen molar-refractivity contribution >= 4 is 11.8 Å². The monoisotopic (exact) mass is 526 g/mol. The number of fused-ring (bicyclic) bond motifs is 2. The summed E-state index contributed by atoms with van der Waals surface area (Å²) in [6.07, 6.45) is 6.77. The van der Waals surface area contributed by atoms with Gasteiger partial charge in [0.2, 0.25) is 0 Å². The zero-order chi connectivity index (χ0) is 27.3. The van der Waals surface area contributed by atoms with Gasteiger partial charge >= 0.3 is 0 Å². The van der Waals surface area contributed by atoms with Crippen molar-refractivity contribution in [2.24, 2.45) is 28.6 Å². The molecule has 2 aromatic heterocycles. The van der Waals surface area contributed by atoms with Gasteiger partial charge in [0.15, 0.2) is 5.69 Å². The Morgan fingerprint density at radius 1 is 1.05 bits per heavy atom. The van der Waals surface area contributed by atoms with Crippen LogP contribution >= 0.6 is 0 Å². The van der Waals surface area contributed by atoms with E-state index in [-0.39, 0.29) is 28.5 Å². The van der Waals surface area contributed by atoms with Crippen LogP contribution in [-0.4, -0.2) is 36.6 Å². The summed E-state index contributed by atoms with van der Waals surface area (Å²) >= 11 is 0. The van der Waals surface area contributed by atoms with Gasteiger partial charge in [0.25, 0.3) is 11.8 Å². The molecule has 4 aliphatic rings. The normalized spacial score (nSPS) is 30.3. The molecule has 0 aliphatic heterocycles. The Labute approximate surface area is 229 Å². The molecule has 0 saturated heterocycles. The molecule has 1 aromatic carbocycles. The lowest BCUT2D eigenvalue weighted by Crippen LogP contribution is -2.43. The molecule has 3 bridgehead atoms. The van der Waals surface area contributed by atoms with Crippen LogP contribution in [0.1, 0.15) is 91.5 Å². The molecule has 4 aliphatic carbocycles. The predicted octanol–water partition coefficient (Wildman–Crippen LogP) is 5.30. The predicted molar refractivity (Wildman–Crippen MR) is 147 cm³/mol. The van der Waals surface area contributed by atoms with Crippen LogP contribution in [0.25, 0.3) is 11.3 Å². The molecule has 7 rings (SSSR count). The van der Waals surface area contributed by atoms with Gasteiger partial charge in [0.05, 0.1) is 16.6 Å². The largest absolute Gasteiger partial charge is 0.346 e. The Kier molecular flexibility index (Phi) is 5.15. The maximum absolute atomic E-state index is 14.4. The summed E-state index contributed by atoms with van der Waals surface area (Å²) < 4.78 is 3.48. The van der Waals surface area contributed by atoms with Crippen molar-refractivity contribution in [3.05, 3.63) is 53.0 Å². The summed E-state index contributed by atoms with van der Waals surface area (Å²) in [5.74, 6) is 1.83. The van der Waals surface area contributed by atoms with Crippen molar-refractivity contribution in [1.29, 1.82) is 0 Å². The average Bonchev–Trinajstić information content (AvgIpc) is 3.56. The van der Waals surface area contributed by atoms with E-state index >= 15 is 0 Å². The fourth-order valence-electron chi connectivity index (χ4n) is 9.10. The molecule has 204 valence electrons. The van der Waals surface area contributed by atoms with Gasteiger partial charge in [-0.15, -0.1) is 5.10 Å². The van der Waals surface area contributed by atoms with Crippen LogP contribution in [0.4, 0.5) is 0 Å². The van der Waals surface area contributed by atoms with E-state index in [1.165, 1.54) is 23.9 Å². The molecule has 2 heterocycles. The van der Waals surface area contributed by atoms with E-state index in [0.29, 0.717) is 29.5 Å². The first-order valence-corrected chi connectivity index (χ1v) is 14.4. The summed E-state index contributed by atoms with van der Waals surface area (Å²) in [7, 11) is 0. The third-order valence-corrected chi connectivity index (χ3v) is 10.5. The average molecular weight is 527 g/mol. The molecule has 4 fully saturated rings. The van der Waals surface area contributed by atoms with Gasteiger partial charge in [-0.1, -0.05) is 35.5 Å². The number of benzene rings is 1. The molecule has 39 heavy (non-hydrogen) atoms. The van der Waals surface area contributed by atoms with Crippen molar-refractivity contribution in [3.63, 3.8) is 0 Å². The van der Waals surface area contributed by atoms with Gasteiger partial charge in [0.1, 0.15) is 5.69 Å². The maximum atomic E-state index is 14.4. The molecular formula is C31H38N6O2. The van der Waals surface area contributed by atoms with Gasteiger partial charge in [0, 0.05) is 23.4 Å². The third-order valence-electron chi connectivity index (χ3n) is 10.5. The number of hydrogen-bond donors (Lipinski definition) is 1. The van der Waals surface area contributed by atoms with Gasteiger partial charge < -0.3 is 5.32 Å². The molecule has 8 heteroatoms. The quantitative estimate of drug-likeness (QED) is 0.487. The van der Waals surface area contributed by atoms with Crippen LogP contribution < -0.4 is 5.32 Å². The molecule has 5 atom stereocenters. The molecule has 4 saturated carbocycles. The maximum Gasteiger partial charge on any atom is 0.274 e. The van der Waals surface area contributed by atoms with Gasteiger partial charge in [-0.25, -0.2) is 0 Å². The van der Waals surface area contributed by atoms with E-state index in [1.54, 1.807) is 0 Å².